The number of aromatic hydroxyl groups is 1. The number of unbranched alkanes of at least 4 members (excludes halogenated alkanes) is 1. The van der Waals surface area contributed by atoms with E-state index in [2.05, 4.69) is 24.7 Å². The van der Waals surface area contributed by atoms with Crippen molar-refractivity contribution in [3.63, 3.8) is 0 Å². The monoisotopic (exact) mass is 290 g/mol. The molecule has 0 saturated heterocycles. The van der Waals surface area contributed by atoms with E-state index in [1.54, 1.807) is 0 Å². The lowest BCUT2D eigenvalue weighted by molar-refractivity contribution is 0.460. The molecule has 0 aliphatic rings. The van der Waals surface area contributed by atoms with Gasteiger partial charge in [0.2, 0.25) is 0 Å². The third kappa shape index (κ3) is 3.22. The summed E-state index contributed by atoms with van der Waals surface area (Å²) < 4.78 is 1.29. The molecule has 0 fully saturated rings. The van der Waals surface area contributed by atoms with Gasteiger partial charge in [0.25, 0.3) is 5.56 Å². The zero-order valence-electron chi connectivity index (χ0n) is 11.4. The maximum atomic E-state index is 11.9. The number of aryl methyl sites for hydroxylation is 1. The van der Waals surface area contributed by atoms with Crippen LogP contribution in [0.25, 0.3) is 5.69 Å². The maximum absolute atomic E-state index is 11.9. The van der Waals surface area contributed by atoms with Crippen LogP contribution in [0.4, 0.5) is 0 Å². The minimum absolute atomic E-state index is 0.110. The number of rotatable bonds is 5. The van der Waals surface area contributed by atoms with Gasteiger partial charge in [0, 0.05) is 11.8 Å². The molecule has 0 atom stereocenters. The fourth-order valence-electron chi connectivity index (χ4n) is 1.96. The molecule has 20 heavy (non-hydrogen) atoms. The highest BCUT2D eigenvalue weighted by Crippen LogP contribution is 2.15. The number of nitrogens with zero attached hydrogens (tertiary/aromatic N) is 2. The average Bonchev–Trinajstić information content (AvgIpc) is 2.46. The second-order valence-electron chi connectivity index (χ2n) is 4.65. The highest BCUT2D eigenvalue weighted by molar-refractivity contribution is 7.79. The van der Waals surface area contributed by atoms with Gasteiger partial charge in [-0.2, -0.15) is 22.4 Å². The van der Waals surface area contributed by atoms with Gasteiger partial charge in [-0.3, -0.25) is 4.79 Å². The van der Waals surface area contributed by atoms with Crippen LogP contribution >= 0.6 is 12.6 Å². The van der Waals surface area contributed by atoms with Gasteiger partial charge in [0.05, 0.1) is 5.69 Å². The number of benzene rings is 1. The quantitative estimate of drug-likeness (QED) is 0.833. The summed E-state index contributed by atoms with van der Waals surface area (Å²) in [6, 6.07) is 8.93. The molecule has 1 N–H and O–H groups in total. The summed E-state index contributed by atoms with van der Waals surface area (Å²) in [5, 5.41) is 13.7. The smallest absolute Gasteiger partial charge is 0.275 e. The third-order valence-electron chi connectivity index (χ3n) is 3.14. The Balaban J connectivity index is 2.34. The van der Waals surface area contributed by atoms with Crippen LogP contribution in [-0.2, 0) is 12.2 Å². The normalized spacial score (nSPS) is 10.7. The van der Waals surface area contributed by atoms with Gasteiger partial charge in [-0.05, 0) is 30.5 Å². The van der Waals surface area contributed by atoms with Crippen LogP contribution in [0.3, 0.4) is 0 Å². The van der Waals surface area contributed by atoms with Gasteiger partial charge in [-0.15, -0.1) is 0 Å². The molecule has 0 radical (unpaired) electrons. The van der Waals surface area contributed by atoms with Crippen molar-refractivity contribution < 1.29 is 5.11 Å². The number of hydrogen-bond donors (Lipinski definition) is 2. The van der Waals surface area contributed by atoms with E-state index in [9.17, 15) is 9.90 Å². The zero-order chi connectivity index (χ0) is 14.5. The Hall–Kier alpha value is -1.75. The first-order chi connectivity index (χ1) is 9.65. The van der Waals surface area contributed by atoms with E-state index >= 15 is 0 Å². The van der Waals surface area contributed by atoms with E-state index in [0.29, 0.717) is 11.4 Å². The second kappa shape index (κ2) is 6.61. The minimum Gasteiger partial charge on any atom is -0.506 e. The van der Waals surface area contributed by atoms with E-state index in [4.69, 9.17) is 0 Å². The Morgan fingerprint density at radius 1 is 1.30 bits per heavy atom. The molecule has 2 aromatic rings. The van der Waals surface area contributed by atoms with Crippen molar-refractivity contribution in [2.45, 2.75) is 31.9 Å². The molecule has 0 spiro atoms. The Bertz CT molecular complexity index is 635. The van der Waals surface area contributed by atoms with Crippen LogP contribution in [0.2, 0.25) is 0 Å². The van der Waals surface area contributed by atoms with Gasteiger partial charge < -0.3 is 5.11 Å². The largest absolute Gasteiger partial charge is 0.506 e. The minimum atomic E-state index is -0.352. The van der Waals surface area contributed by atoms with Crippen LogP contribution in [0.1, 0.15) is 31.0 Å². The first-order valence-corrected chi connectivity index (χ1v) is 7.31. The highest BCUT2D eigenvalue weighted by Gasteiger charge is 2.08. The molecule has 0 aliphatic heterocycles. The predicted molar refractivity (Wildman–Crippen MR) is 82.8 cm³/mol. The van der Waals surface area contributed by atoms with Crippen molar-refractivity contribution in [2.75, 3.05) is 0 Å². The Kier molecular flexibility index (Phi) is 4.84. The van der Waals surface area contributed by atoms with Crippen molar-refractivity contribution in [1.29, 1.82) is 0 Å². The van der Waals surface area contributed by atoms with Crippen LogP contribution in [0.5, 0.6) is 5.75 Å². The zero-order valence-corrected chi connectivity index (χ0v) is 12.3. The lowest BCUT2D eigenvalue weighted by atomic mass is 10.1. The first-order valence-electron chi connectivity index (χ1n) is 6.68. The molecule has 1 aromatic carbocycles. The van der Waals surface area contributed by atoms with Gasteiger partial charge in [-0.1, -0.05) is 25.5 Å². The molecule has 0 saturated carbocycles. The van der Waals surface area contributed by atoms with Gasteiger partial charge in [0.1, 0.15) is 11.4 Å². The standard InChI is InChI=1S/C15H18N2O2S/c1-2-3-4-11-5-7-12(8-6-11)17-15(19)9-14(18)13(10-20)16-17/h5-9,18,20H,2-4,10H2,1H3. The van der Waals surface area contributed by atoms with Crippen molar-refractivity contribution in [3.8, 4) is 11.4 Å². The SMILES string of the molecule is CCCCc1ccc(-n2nc(CS)c(O)cc2=O)cc1. The van der Waals surface area contributed by atoms with Crippen molar-refractivity contribution in [1.82, 2.24) is 9.78 Å². The number of hydrogen-bond acceptors (Lipinski definition) is 4. The van der Waals surface area contributed by atoms with Crippen molar-refractivity contribution in [2.24, 2.45) is 0 Å². The average molecular weight is 290 g/mol. The fourth-order valence-corrected chi connectivity index (χ4v) is 2.19. The third-order valence-corrected chi connectivity index (χ3v) is 3.43. The van der Waals surface area contributed by atoms with E-state index in [-0.39, 0.29) is 17.1 Å². The van der Waals surface area contributed by atoms with E-state index in [0.717, 1.165) is 19.3 Å². The summed E-state index contributed by atoms with van der Waals surface area (Å²) in [5.41, 5.74) is 1.98. The van der Waals surface area contributed by atoms with Crippen LogP contribution in [0.15, 0.2) is 35.1 Å². The van der Waals surface area contributed by atoms with E-state index in [1.165, 1.54) is 16.3 Å². The van der Waals surface area contributed by atoms with Crippen molar-refractivity contribution >= 4 is 12.6 Å². The van der Waals surface area contributed by atoms with Gasteiger partial charge in [-0.25, -0.2) is 0 Å². The molecule has 0 amide bonds. The fraction of sp³-hybridized carbons (Fsp3) is 0.333. The molecule has 1 heterocycles. The summed E-state index contributed by atoms with van der Waals surface area (Å²) in [5.74, 6) is 0.168. The molecular weight excluding hydrogens is 272 g/mol. The van der Waals surface area contributed by atoms with E-state index in [1.807, 2.05) is 24.3 Å². The summed E-state index contributed by atoms with van der Waals surface area (Å²) >= 11 is 4.09. The second-order valence-corrected chi connectivity index (χ2v) is 4.97. The summed E-state index contributed by atoms with van der Waals surface area (Å²) in [6.07, 6.45) is 3.35. The topological polar surface area (TPSA) is 55.1 Å². The number of thiol groups is 1. The van der Waals surface area contributed by atoms with Crippen molar-refractivity contribution in [3.05, 3.63) is 51.9 Å². The van der Waals surface area contributed by atoms with Gasteiger partial charge in [0.15, 0.2) is 0 Å². The summed E-state index contributed by atoms with van der Waals surface area (Å²) in [7, 11) is 0. The Morgan fingerprint density at radius 3 is 2.60 bits per heavy atom. The molecule has 2 rings (SSSR count). The Labute approximate surface area is 123 Å². The number of aromatic nitrogens is 2. The van der Waals surface area contributed by atoms with Crippen LogP contribution in [-0.4, -0.2) is 14.9 Å². The molecule has 0 aliphatic carbocycles. The molecule has 5 heteroatoms. The van der Waals surface area contributed by atoms with Crippen LogP contribution in [0, 0.1) is 0 Å². The highest BCUT2D eigenvalue weighted by atomic mass is 32.1. The molecule has 0 unspecified atom stereocenters. The molecule has 106 valence electrons. The predicted octanol–water partition coefficient (Wildman–Crippen LogP) is 2.71. The van der Waals surface area contributed by atoms with Crippen LogP contribution < -0.4 is 5.56 Å². The molecular formula is C15H18N2O2S. The maximum Gasteiger partial charge on any atom is 0.275 e. The Morgan fingerprint density at radius 2 is 2.00 bits per heavy atom. The molecule has 0 bridgehead atoms. The first kappa shape index (κ1) is 14.7. The van der Waals surface area contributed by atoms with E-state index < -0.39 is 0 Å². The lowest BCUT2D eigenvalue weighted by Gasteiger charge is -2.08. The molecule has 1 aromatic heterocycles. The lowest BCUT2D eigenvalue weighted by Crippen LogP contribution is -2.21. The van der Waals surface area contributed by atoms with Gasteiger partial charge >= 0.3 is 0 Å². The summed E-state index contributed by atoms with van der Waals surface area (Å²) in [4.78, 5) is 11.9. The summed E-state index contributed by atoms with van der Waals surface area (Å²) in [6.45, 7) is 2.16. The molecule has 4 nitrogen and oxygen atoms in total.